The van der Waals surface area contributed by atoms with Gasteiger partial charge in [-0.15, -0.1) is 0 Å². The fraction of sp³-hybridized carbons (Fsp3) is 0.870. The quantitative estimate of drug-likeness (QED) is 0.600. The predicted molar refractivity (Wildman–Crippen MR) is 118 cm³/mol. The van der Waals surface area contributed by atoms with Crippen molar-refractivity contribution in [2.24, 2.45) is 5.92 Å². The van der Waals surface area contributed by atoms with Gasteiger partial charge < -0.3 is 19.7 Å². The molecule has 4 rings (SSSR count). The van der Waals surface area contributed by atoms with Gasteiger partial charge >= 0.3 is 5.97 Å². The van der Waals surface area contributed by atoms with Crippen LogP contribution in [0.15, 0.2) is 0 Å². The summed E-state index contributed by atoms with van der Waals surface area (Å²) < 4.78 is 10.3. The second-order valence-electron chi connectivity index (χ2n) is 9.66. The minimum absolute atomic E-state index is 0.0924. The third kappa shape index (κ3) is 4.94. The first kappa shape index (κ1) is 23.4. The lowest BCUT2D eigenvalue weighted by Gasteiger charge is -2.37. The summed E-state index contributed by atoms with van der Waals surface area (Å²) in [6.07, 6.45) is 5.50. The monoisotopic (exact) mass is 450 g/mol. The van der Waals surface area contributed by atoms with E-state index >= 15 is 0 Å². The van der Waals surface area contributed by atoms with Gasteiger partial charge in [0.15, 0.2) is 0 Å². The van der Waals surface area contributed by atoms with E-state index in [9.17, 15) is 14.4 Å². The largest absolute Gasteiger partial charge is 0.469 e. The molecule has 0 aromatic rings. The van der Waals surface area contributed by atoms with Crippen LogP contribution in [0.2, 0.25) is 0 Å². The Labute approximate surface area is 190 Å². The van der Waals surface area contributed by atoms with Crippen LogP contribution in [0.1, 0.15) is 44.9 Å². The Bertz CT molecular complexity index is 690. The number of hydrogen-bond acceptors (Lipinski definition) is 7. The smallest absolute Gasteiger partial charge is 0.308 e. The zero-order valence-electron chi connectivity index (χ0n) is 19.5. The van der Waals surface area contributed by atoms with Crippen molar-refractivity contribution in [3.8, 4) is 0 Å². The van der Waals surface area contributed by atoms with E-state index in [1.807, 2.05) is 4.90 Å². The summed E-state index contributed by atoms with van der Waals surface area (Å²) >= 11 is 0. The molecule has 4 saturated heterocycles. The van der Waals surface area contributed by atoms with Gasteiger partial charge in [0.1, 0.15) is 6.04 Å². The Morgan fingerprint density at radius 1 is 1.09 bits per heavy atom. The molecular weight excluding hydrogens is 412 g/mol. The highest BCUT2D eigenvalue weighted by Crippen LogP contribution is 2.31. The van der Waals surface area contributed by atoms with E-state index in [2.05, 4.69) is 22.2 Å². The number of rotatable bonds is 5. The number of amides is 2. The predicted octanol–water partition coefficient (Wildman–Crippen LogP) is 0.230. The number of carbonyl (C=O) groups is 3. The van der Waals surface area contributed by atoms with Crippen molar-refractivity contribution in [3.63, 3.8) is 0 Å². The minimum Gasteiger partial charge on any atom is -0.469 e. The molecule has 180 valence electrons. The van der Waals surface area contributed by atoms with E-state index in [1.165, 1.54) is 7.11 Å². The van der Waals surface area contributed by atoms with Crippen molar-refractivity contribution in [1.29, 1.82) is 0 Å². The second kappa shape index (κ2) is 10.5. The second-order valence-corrected chi connectivity index (χ2v) is 9.66. The summed E-state index contributed by atoms with van der Waals surface area (Å²) in [7, 11) is 3.53. The number of likely N-dealkylation sites (tertiary alicyclic amines) is 2. The lowest BCUT2D eigenvalue weighted by atomic mass is 9.96. The lowest BCUT2D eigenvalue weighted by molar-refractivity contribution is -0.149. The Hall–Kier alpha value is -1.71. The molecule has 4 heterocycles. The number of nitrogens with one attached hydrogen (secondary N) is 1. The summed E-state index contributed by atoms with van der Waals surface area (Å²) in [6, 6.07) is 0.654. The van der Waals surface area contributed by atoms with Crippen molar-refractivity contribution >= 4 is 17.8 Å². The summed E-state index contributed by atoms with van der Waals surface area (Å²) in [4.78, 5) is 44.2. The van der Waals surface area contributed by atoms with Crippen LogP contribution in [0.3, 0.4) is 0 Å². The number of piperidine rings is 1. The third-order valence-electron chi connectivity index (χ3n) is 8.02. The Kier molecular flexibility index (Phi) is 7.68. The van der Waals surface area contributed by atoms with Gasteiger partial charge in [0, 0.05) is 63.9 Å². The standard InChI is InChI=1S/C23H38N4O5/c1-25-18(3-4-20(28)26-10-5-16(6-11-26)23(30)31-2)15-24-22(29)21-19(25)7-12-27(21)17-8-13-32-14-9-17/h16-19,21H,3-15H2,1-2H3,(H,24,29). The van der Waals surface area contributed by atoms with Crippen LogP contribution in [-0.2, 0) is 23.9 Å². The number of nitrogens with zero attached hydrogens (tertiary/aromatic N) is 3. The summed E-state index contributed by atoms with van der Waals surface area (Å²) in [5, 5.41) is 3.16. The first-order valence-corrected chi connectivity index (χ1v) is 12.2. The summed E-state index contributed by atoms with van der Waals surface area (Å²) in [5.74, 6) is 0.00713. The SMILES string of the molecule is COC(=O)C1CCN(C(=O)CCC2CNC(=O)C3C(CCN3C3CCOCC3)N2C)CC1. The zero-order valence-corrected chi connectivity index (χ0v) is 19.5. The molecule has 0 aliphatic carbocycles. The molecule has 2 amide bonds. The number of methoxy groups -OCH3 is 1. The van der Waals surface area contributed by atoms with E-state index in [4.69, 9.17) is 9.47 Å². The summed E-state index contributed by atoms with van der Waals surface area (Å²) in [6.45, 7) is 4.30. The fourth-order valence-corrected chi connectivity index (χ4v) is 6.00. The number of ether oxygens (including phenoxy) is 2. The molecule has 9 nitrogen and oxygen atoms in total. The number of hydrogen-bond donors (Lipinski definition) is 1. The van der Waals surface area contributed by atoms with Gasteiger partial charge in [-0.2, -0.15) is 0 Å². The van der Waals surface area contributed by atoms with E-state index < -0.39 is 0 Å². The highest BCUT2D eigenvalue weighted by molar-refractivity contribution is 5.83. The maximum atomic E-state index is 13.0. The molecule has 4 fully saturated rings. The van der Waals surface area contributed by atoms with Crippen molar-refractivity contribution < 1.29 is 23.9 Å². The van der Waals surface area contributed by atoms with E-state index in [-0.39, 0.29) is 41.8 Å². The molecule has 3 unspecified atom stereocenters. The van der Waals surface area contributed by atoms with Gasteiger partial charge in [-0.05, 0) is 45.6 Å². The van der Waals surface area contributed by atoms with Crippen molar-refractivity contribution in [2.45, 2.75) is 69.1 Å². The van der Waals surface area contributed by atoms with Gasteiger partial charge in [-0.25, -0.2) is 0 Å². The number of carbonyl (C=O) groups excluding carboxylic acids is 3. The molecule has 1 N–H and O–H groups in total. The molecule has 9 heteroatoms. The van der Waals surface area contributed by atoms with Crippen LogP contribution in [0.5, 0.6) is 0 Å². The molecule has 0 radical (unpaired) electrons. The molecule has 0 aromatic heterocycles. The Balaban J connectivity index is 1.30. The van der Waals surface area contributed by atoms with E-state index in [1.54, 1.807) is 0 Å². The number of fused-ring (bicyclic) bond motifs is 1. The lowest BCUT2D eigenvalue weighted by Crippen LogP contribution is -2.53. The first-order valence-electron chi connectivity index (χ1n) is 12.2. The van der Waals surface area contributed by atoms with Gasteiger partial charge in [0.2, 0.25) is 11.8 Å². The van der Waals surface area contributed by atoms with Crippen LogP contribution in [0.4, 0.5) is 0 Å². The molecule has 0 spiro atoms. The van der Waals surface area contributed by atoms with Crippen LogP contribution in [0, 0.1) is 5.92 Å². The maximum Gasteiger partial charge on any atom is 0.308 e. The normalized spacial score (nSPS) is 31.1. The van der Waals surface area contributed by atoms with Gasteiger partial charge in [0.05, 0.1) is 13.0 Å². The molecule has 4 aliphatic rings. The maximum absolute atomic E-state index is 13.0. The fourth-order valence-electron chi connectivity index (χ4n) is 6.00. The van der Waals surface area contributed by atoms with Gasteiger partial charge in [-0.1, -0.05) is 0 Å². The third-order valence-corrected chi connectivity index (χ3v) is 8.02. The molecule has 0 aromatic carbocycles. The van der Waals surface area contributed by atoms with E-state index in [0.29, 0.717) is 44.9 Å². The Morgan fingerprint density at radius 2 is 1.81 bits per heavy atom. The molecule has 0 bridgehead atoms. The average molecular weight is 451 g/mol. The Morgan fingerprint density at radius 3 is 2.50 bits per heavy atom. The topological polar surface area (TPSA) is 91.4 Å². The van der Waals surface area contributed by atoms with Crippen LogP contribution in [-0.4, -0.2) is 110 Å². The van der Waals surface area contributed by atoms with Crippen LogP contribution >= 0.6 is 0 Å². The molecule has 4 aliphatic heterocycles. The minimum atomic E-state index is -0.172. The van der Waals surface area contributed by atoms with Crippen molar-refractivity contribution in [3.05, 3.63) is 0 Å². The van der Waals surface area contributed by atoms with Crippen LogP contribution in [0.25, 0.3) is 0 Å². The highest BCUT2D eigenvalue weighted by Gasteiger charge is 2.47. The summed E-state index contributed by atoms with van der Waals surface area (Å²) in [5.41, 5.74) is 0. The average Bonchev–Trinajstić information content (AvgIpc) is 3.24. The zero-order chi connectivity index (χ0) is 22.7. The van der Waals surface area contributed by atoms with Crippen molar-refractivity contribution in [1.82, 2.24) is 20.0 Å². The van der Waals surface area contributed by atoms with Crippen LogP contribution < -0.4 is 5.32 Å². The van der Waals surface area contributed by atoms with Gasteiger partial charge in [-0.3, -0.25) is 24.2 Å². The van der Waals surface area contributed by atoms with Crippen molar-refractivity contribution in [2.75, 3.05) is 53.6 Å². The molecule has 3 atom stereocenters. The molecular formula is C23H38N4O5. The molecule has 32 heavy (non-hydrogen) atoms. The number of likely N-dealkylation sites (N-methyl/N-ethyl adjacent to an activating group) is 1. The van der Waals surface area contributed by atoms with E-state index in [0.717, 1.165) is 45.4 Å². The highest BCUT2D eigenvalue weighted by atomic mass is 16.5. The first-order chi connectivity index (χ1) is 15.5. The van der Waals surface area contributed by atoms with Gasteiger partial charge in [0.25, 0.3) is 0 Å². The molecule has 0 saturated carbocycles. The number of esters is 1.